The molecule has 0 aromatic heterocycles. The number of benzene rings is 2. The molecule has 1 aliphatic rings. The van der Waals surface area contributed by atoms with Crippen molar-refractivity contribution in [2.24, 2.45) is 0 Å². The minimum absolute atomic E-state index is 0.125. The van der Waals surface area contributed by atoms with Crippen LogP contribution in [-0.2, 0) is 10.0 Å². The number of para-hydroxylation sites is 2. The van der Waals surface area contributed by atoms with E-state index in [4.69, 9.17) is 27.9 Å². The van der Waals surface area contributed by atoms with Gasteiger partial charge in [-0.3, -0.25) is 0 Å². The Morgan fingerprint density at radius 1 is 1.07 bits per heavy atom. The van der Waals surface area contributed by atoms with Crippen molar-refractivity contribution >= 4 is 54.8 Å². The smallest absolute Gasteiger partial charge is 0.244 e. The molecule has 146 valence electrons. The number of nitrogens with zero attached hydrogens (tertiary/aromatic N) is 2. The molecule has 0 spiro atoms. The molecular formula is C18H19BrCl2N2O3S. The predicted molar refractivity (Wildman–Crippen MR) is 113 cm³/mol. The van der Waals surface area contributed by atoms with Crippen LogP contribution in [0.3, 0.4) is 0 Å². The lowest BCUT2D eigenvalue weighted by Crippen LogP contribution is -2.48. The monoisotopic (exact) mass is 492 g/mol. The van der Waals surface area contributed by atoms with Crippen LogP contribution in [0, 0.1) is 0 Å². The van der Waals surface area contributed by atoms with Gasteiger partial charge in [-0.2, -0.15) is 4.31 Å². The van der Waals surface area contributed by atoms with Gasteiger partial charge in [0.05, 0.1) is 27.2 Å². The molecule has 0 saturated carbocycles. The van der Waals surface area contributed by atoms with Gasteiger partial charge in [-0.15, -0.1) is 0 Å². The highest BCUT2D eigenvalue weighted by molar-refractivity contribution is 9.10. The standard InChI is InChI=1S/C18H19BrCl2N2O3S/c1-2-26-17-6-4-3-5-16(17)22-7-9-23(10-8-22)27(24,25)18-12-15(21)14(20)11-13(18)19/h3-6,11-12H,2,7-10H2,1H3. The van der Waals surface area contributed by atoms with E-state index in [0.29, 0.717) is 42.3 Å². The third-order valence-corrected chi connectivity index (χ3v) is 7.92. The molecule has 1 aliphatic heterocycles. The number of piperazine rings is 1. The molecule has 1 saturated heterocycles. The molecule has 0 N–H and O–H groups in total. The van der Waals surface area contributed by atoms with Crippen molar-refractivity contribution in [2.75, 3.05) is 37.7 Å². The minimum Gasteiger partial charge on any atom is -0.492 e. The lowest BCUT2D eigenvalue weighted by atomic mass is 10.2. The van der Waals surface area contributed by atoms with Crippen molar-refractivity contribution in [3.05, 3.63) is 50.9 Å². The normalized spacial score (nSPS) is 15.8. The number of hydrogen-bond donors (Lipinski definition) is 0. The summed E-state index contributed by atoms with van der Waals surface area (Å²) in [4.78, 5) is 2.26. The zero-order valence-corrected chi connectivity index (χ0v) is 18.6. The summed E-state index contributed by atoms with van der Waals surface area (Å²) >= 11 is 15.3. The van der Waals surface area contributed by atoms with E-state index < -0.39 is 10.0 Å². The van der Waals surface area contributed by atoms with Gasteiger partial charge >= 0.3 is 0 Å². The number of rotatable bonds is 5. The van der Waals surface area contributed by atoms with Crippen LogP contribution in [-0.4, -0.2) is 45.5 Å². The second-order valence-corrected chi connectivity index (χ2v) is 9.56. The maximum Gasteiger partial charge on any atom is 0.244 e. The first-order chi connectivity index (χ1) is 12.8. The van der Waals surface area contributed by atoms with Crippen molar-refractivity contribution in [1.29, 1.82) is 0 Å². The summed E-state index contributed by atoms with van der Waals surface area (Å²) in [5.74, 6) is 0.809. The number of ether oxygens (including phenoxy) is 1. The maximum absolute atomic E-state index is 13.0. The fourth-order valence-electron chi connectivity index (χ4n) is 3.01. The van der Waals surface area contributed by atoms with Crippen molar-refractivity contribution in [1.82, 2.24) is 4.31 Å². The average molecular weight is 494 g/mol. The fraction of sp³-hybridized carbons (Fsp3) is 0.333. The Morgan fingerprint density at radius 2 is 1.70 bits per heavy atom. The van der Waals surface area contributed by atoms with Crippen molar-refractivity contribution in [2.45, 2.75) is 11.8 Å². The predicted octanol–water partition coefficient (Wildman–Crippen LogP) is 4.67. The second-order valence-electron chi connectivity index (χ2n) is 5.99. The van der Waals surface area contributed by atoms with Gasteiger partial charge < -0.3 is 9.64 Å². The highest BCUT2D eigenvalue weighted by Crippen LogP contribution is 2.34. The molecule has 0 aliphatic carbocycles. The van der Waals surface area contributed by atoms with E-state index in [1.807, 2.05) is 31.2 Å². The summed E-state index contributed by atoms with van der Waals surface area (Å²) in [6, 6.07) is 10.7. The summed E-state index contributed by atoms with van der Waals surface area (Å²) in [5.41, 5.74) is 0.979. The fourth-order valence-corrected chi connectivity index (χ4v) is 5.98. The highest BCUT2D eigenvalue weighted by Gasteiger charge is 2.31. The van der Waals surface area contributed by atoms with Crippen molar-refractivity contribution in [3.63, 3.8) is 0 Å². The summed E-state index contributed by atoms with van der Waals surface area (Å²) in [6.07, 6.45) is 0. The Balaban J connectivity index is 1.79. The lowest BCUT2D eigenvalue weighted by molar-refractivity contribution is 0.337. The lowest BCUT2D eigenvalue weighted by Gasteiger charge is -2.36. The third-order valence-electron chi connectivity index (χ3n) is 4.34. The largest absolute Gasteiger partial charge is 0.492 e. The van der Waals surface area contributed by atoms with Gasteiger partial charge in [-0.1, -0.05) is 35.3 Å². The topological polar surface area (TPSA) is 49.9 Å². The van der Waals surface area contributed by atoms with Gasteiger partial charge in [0, 0.05) is 30.7 Å². The summed E-state index contributed by atoms with van der Waals surface area (Å²) in [7, 11) is -3.67. The second kappa shape index (κ2) is 8.57. The van der Waals surface area contributed by atoms with Crippen molar-refractivity contribution in [3.8, 4) is 5.75 Å². The molecule has 0 atom stereocenters. The minimum atomic E-state index is -3.67. The van der Waals surface area contributed by atoms with E-state index in [2.05, 4.69) is 20.8 Å². The van der Waals surface area contributed by atoms with Crippen LogP contribution in [0.5, 0.6) is 5.75 Å². The van der Waals surface area contributed by atoms with Gasteiger partial charge in [0.15, 0.2) is 0 Å². The van der Waals surface area contributed by atoms with Gasteiger partial charge in [-0.05, 0) is 47.1 Å². The number of sulfonamides is 1. The summed E-state index contributed by atoms with van der Waals surface area (Å²) in [5, 5.41) is 0.516. The molecule has 9 heteroatoms. The molecule has 3 rings (SSSR count). The Kier molecular flexibility index (Phi) is 6.58. The van der Waals surface area contributed by atoms with E-state index in [-0.39, 0.29) is 9.92 Å². The Hall–Kier alpha value is -0.990. The van der Waals surface area contributed by atoms with Gasteiger partial charge in [0.25, 0.3) is 0 Å². The van der Waals surface area contributed by atoms with Crippen LogP contribution in [0.25, 0.3) is 0 Å². The van der Waals surface area contributed by atoms with Crippen LogP contribution in [0.15, 0.2) is 45.8 Å². The van der Waals surface area contributed by atoms with Crippen LogP contribution in [0.1, 0.15) is 6.92 Å². The van der Waals surface area contributed by atoms with Crippen LogP contribution in [0.4, 0.5) is 5.69 Å². The number of halogens is 3. The van der Waals surface area contributed by atoms with Gasteiger partial charge in [0.1, 0.15) is 5.75 Å². The average Bonchev–Trinajstić information content (AvgIpc) is 2.65. The first-order valence-corrected chi connectivity index (χ1v) is 11.4. The van der Waals surface area contributed by atoms with E-state index in [0.717, 1.165) is 11.4 Å². The SMILES string of the molecule is CCOc1ccccc1N1CCN(S(=O)(=O)c2cc(Cl)c(Cl)cc2Br)CC1. The van der Waals surface area contributed by atoms with Crippen molar-refractivity contribution < 1.29 is 13.2 Å². The first-order valence-electron chi connectivity index (χ1n) is 8.46. The Morgan fingerprint density at radius 3 is 2.37 bits per heavy atom. The molecule has 0 unspecified atom stereocenters. The molecular weight excluding hydrogens is 475 g/mol. The molecule has 1 heterocycles. The molecule has 0 amide bonds. The van der Waals surface area contributed by atoms with E-state index in [1.165, 1.54) is 16.4 Å². The molecule has 0 radical (unpaired) electrons. The zero-order chi connectivity index (χ0) is 19.6. The van der Waals surface area contributed by atoms with Gasteiger partial charge in [0.2, 0.25) is 10.0 Å². The molecule has 1 fully saturated rings. The summed E-state index contributed by atoms with van der Waals surface area (Å²) in [6.45, 7) is 4.41. The molecule has 5 nitrogen and oxygen atoms in total. The molecule has 2 aromatic carbocycles. The number of hydrogen-bond acceptors (Lipinski definition) is 4. The highest BCUT2D eigenvalue weighted by atomic mass is 79.9. The summed E-state index contributed by atoms with van der Waals surface area (Å²) < 4.78 is 33.6. The zero-order valence-electron chi connectivity index (χ0n) is 14.7. The third kappa shape index (κ3) is 4.38. The molecule has 0 bridgehead atoms. The maximum atomic E-state index is 13.0. The molecule has 27 heavy (non-hydrogen) atoms. The van der Waals surface area contributed by atoms with E-state index >= 15 is 0 Å². The molecule has 2 aromatic rings. The first kappa shape index (κ1) is 20.7. The Labute approximate surface area is 178 Å². The van der Waals surface area contributed by atoms with Gasteiger partial charge in [-0.25, -0.2) is 8.42 Å². The Bertz CT molecular complexity index is 932. The van der Waals surface area contributed by atoms with Crippen LogP contribution < -0.4 is 9.64 Å². The van der Waals surface area contributed by atoms with Crippen LogP contribution in [0.2, 0.25) is 10.0 Å². The van der Waals surface area contributed by atoms with E-state index in [1.54, 1.807) is 0 Å². The number of anilines is 1. The van der Waals surface area contributed by atoms with E-state index in [9.17, 15) is 8.42 Å². The quantitative estimate of drug-likeness (QED) is 0.568. The van der Waals surface area contributed by atoms with Crippen LogP contribution >= 0.6 is 39.1 Å².